The standard InChI is InChI=1S/C14H15F2N3O/c15-11-2-1-9(7-12(11)16)8-13-18-14(19-20-13)10-3-5-17-6-4-10/h1-2,7,10,17H,3-6,8H2. The summed E-state index contributed by atoms with van der Waals surface area (Å²) in [5, 5.41) is 7.27. The van der Waals surface area contributed by atoms with Crippen molar-refractivity contribution < 1.29 is 13.3 Å². The van der Waals surface area contributed by atoms with Crippen LogP contribution in [0.1, 0.15) is 36.0 Å². The van der Waals surface area contributed by atoms with E-state index in [0.717, 1.165) is 38.1 Å². The summed E-state index contributed by atoms with van der Waals surface area (Å²) in [6, 6.07) is 3.78. The number of nitrogens with one attached hydrogen (secondary N) is 1. The van der Waals surface area contributed by atoms with Crippen molar-refractivity contribution >= 4 is 0 Å². The molecule has 1 aromatic carbocycles. The number of benzene rings is 1. The Bertz CT molecular complexity index is 594. The molecule has 0 spiro atoms. The molecule has 0 unspecified atom stereocenters. The summed E-state index contributed by atoms with van der Waals surface area (Å²) in [6.07, 6.45) is 2.30. The van der Waals surface area contributed by atoms with Crippen molar-refractivity contribution in [3.05, 3.63) is 47.1 Å². The number of nitrogens with zero attached hydrogens (tertiary/aromatic N) is 2. The molecule has 1 fully saturated rings. The summed E-state index contributed by atoms with van der Waals surface area (Å²) in [7, 11) is 0. The molecule has 0 radical (unpaired) electrons. The van der Waals surface area contributed by atoms with E-state index >= 15 is 0 Å². The summed E-state index contributed by atoms with van der Waals surface area (Å²) < 4.78 is 31.2. The fraction of sp³-hybridized carbons (Fsp3) is 0.429. The SMILES string of the molecule is Fc1ccc(Cc2nc(C3CCNCC3)no2)cc1F. The molecule has 1 aromatic heterocycles. The predicted octanol–water partition coefficient (Wildman–Crippen LogP) is 2.41. The maximum absolute atomic E-state index is 13.1. The summed E-state index contributed by atoms with van der Waals surface area (Å²) in [5.74, 6) is -0.248. The van der Waals surface area contributed by atoms with Crippen molar-refractivity contribution in [1.29, 1.82) is 0 Å². The monoisotopic (exact) mass is 279 g/mol. The van der Waals surface area contributed by atoms with Gasteiger partial charge in [-0.3, -0.25) is 0 Å². The van der Waals surface area contributed by atoms with E-state index in [1.165, 1.54) is 6.07 Å². The molecular formula is C14H15F2N3O. The molecule has 0 aliphatic carbocycles. The number of halogens is 2. The maximum atomic E-state index is 13.1. The first-order valence-electron chi connectivity index (χ1n) is 6.69. The van der Waals surface area contributed by atoms with Crippen LogP contribution in [0.2, 0.25) is 0 Å². The van der Waals surface area contributed by atoms with E-state index in [-0.39, 0.29) is 0 Å². The summed E-state index contributed by atoms with van der Waals surface area (Å²) in [5.41, 5.74) is 0.615. The normalized spacial score (nSPS) is 16.5. The van der Waals surface area contributed by atoms with Gasteiger partial charge in [-0.2, -0.15) is 4.98 Å². The molecule has 2 aromatic rings. The molecule has 1 N–H and O–H groups in total. The summed E-state index contributed by atoms with van der Waals surface area (Å²) in [4.78, 5) is 4.36. The molecule has 3 rings (SSSR count). The van der Waals surface area contributed by atoms with Gasteiger partial charge in [0.25, 0.3) is 0 Å². The van der Waals surface area contributed by atoms with Crippen molar-refractivity contribution in [1.82, 2.24) is 15.5 Å². The molecule has 0 amide bonds. The quantitative estimate of drug-likeness (QED) is 0.937. The number of hydrogen-bond acceptors (Lipinski definition) is 4. The van der Waals surface area contributed by atoms with Gasteiger partial charge in [-0.05, 0) is 43.6 Å². The van der Waals surface area contributed by atoms with Crippen molar-refractivity contribution in [3.8, 4) is 0 Å². The van der Waals surface area contributed by atoms with Gasteiger partial charge in [-0.15, -0.1) is 0 Å². The van der Waals surface area contributed by atoms with E-state index in [4.69, 9.17) is 4.52 Å². The lowest BCUT2D eigenvalue weighted by molar-refractivity contribution is 0.365. The van der Waals surface area contributed by atoms with Crippen LogP contribution in [0.3, 0.4) is 0 Å². The average Bonchev–Trinajstić information content (AvgIpc) is 2.92. The van der Waals surface area contributed by atoms with E-state index < -0.39 is 11.6 Å². The van der Waals surface area contributed by atoms with Gasteiger partial charge >= 0.3 is 0 Å². The second-order valence-corrected chi connectivity index (χ2v) is 5.00. The predicted molar refractivity (Wildman–Crippen MR) is 68.3 cm³/mol. The Morgan fingerprint density at radius 3 is 2.75 bits per heavy atom. The Morgan fingerprint density at radius 2 is 2.00 bits per heavy atom. The fourth-order valence-corrected chi connectivity index (χ4v) is 2.41. The van der Waals surface area contributed by atoms with Crippen molar-refractivity contribution in [2.75, 3.05) is 13.1 Å². The zero-order valence-electron chi connectivity index (χ0n) is 10.9. The Balaban J connectivity index is 1.71. The third kappa shape index (κ3) is 2.85. The van der Waals surface area contributed by atoms with Crippen LogP contribution in [-0.4, -0.2) is 23.2 Å². The van der Waals surface area contributed by atoms with Crippen LogP contribution in [0.15, 0.2) is 22.7 Å². The van der Waals surface area contributed by atoms with Gasteiger partial charge in [-0.25, -0.2) is 8.78 Å². The highest BCUT2D eigenvalue weighted by molar-refractivity contribution is 5.20. The zero-order valence-corrected chi connectivity index (χ0v) is 10.9. The first-order chi connectivity index (χ1) is 9.72. The maximum Gasteiger partial charge on any atom is 0.231 e. The molecule has 2 heterocycles. The lowest BCUT2D eigenvalue weighted by Gasteiger charge is -2.18. The summed E-state index contributed by atoms with van der Waals surface area (Å²) in [6.45, 7) is 1.91. The molecule has 6 heteroatoms. The Hall–Kier alpha value is -1.82. The topological polar surface area (TPSA) is 51.0 Å². The molecule has 1 aliphatic rings. The van der Waals surface area contributed by atoms with Crippen molar-refractivity contribution in [2.24, 2.45) is 0 Å². The van der Waals surface area contributed by atoms with Gasteiger partial charge in [-0.1, -0.05) is 11.2 Å². The minimum Gasteiger partial charge on any atom is -0.339 e. The molecule has 0 atom stereocenters. The smallest absolute Gasteiger partial charge is 0.231 e. The second kappa shape index (κ2) is 5.66. The molecular weight excluding hydrogens is 264 g/mol. The van der Waals surface area contributed by atoms with E-state index in [0.29, 0.717) is 29.6 Å². The van der Waals surface area contributed by atoms with E-state index in [9.17, 15) is 8.78 Å². The molecule has 106 valence electrons. The molecule has 0 bridgehead atoms. The highest BCUT2D eigenvalue weighted by Gasteiger charge is 2.20. The van der Waals surface area contributed by atoms with Crippen LogP contribution in [0.25, 0.3) is 0 Å². The van der Waals surface area contributed by atoms with Gasteiger partial charge in [0.05, 0.1) is 6.42 Å². The Labute approximate surface area is 115 Å². The third-order valence-corrected chi connectivity index (χ3v) is 3.53. The molecule has 20 heavy (non-hydrogen) atoms. The van der Waals surface area contributed by atoms with Crippen LogP contribution in [0.4, 0.5) is 8.78 Å². The van der Waals surface area contributed by atoms with Crippen molar-refractivity contribution in [3.63, 3.8) is 0 Å². The molecule has 4 nitrogen and oxygen atoms in total. The zero-order chi connectivity index (χ0) is 13.9. The number of piperidine rings is 1. The lowest BCUT2D eigenvalue weighted by atomic mass is 9.98. The third-order valence-electron chi connectivity index (χ3n) is 3.53. The van der Waals surface area contributed by atoms with Crippen LogP contribution in [-0.2, 0) is 6.42 Å². The highest BCUT2D eigenvalue weighted by atomic mass is 19.2. The van der Waals surface area contributed by atoms with E-state index in [1.54, 1.807) is 0 Å². The lowest BCUT2D eigenvalue weighted by Crippen LogP contribution is -2.27. The van der Waals surface area contributed by atoms with Gasteiger partial charge in [0.2, 0.25) is 5.89 Å². The second-order valence-electron chi connectivity index (χ2n) is 5.00. The summed E-state index contributed by atoms with van der Waals surface area (Å²) >= 11 is 0. The number of hydrogen-bond donors (Lipinski definition) is 1. The van der Waals surface area contributed by atoms with Crippen LogP contribution in [0.5, 0.6) is 0 Å². The van der Waals surface area contributed by atoms with Crippen molar-refractivity contribution in [2.45, 2.75) is 25.2 Å². The minimum absolute atomic E-state index is 0.315. The van der Waals surface area contributed by atoms with Crippen LogP contribution >= 0.6 is 0 Å². The largest absolute Gasteiger partial charge is 0.339 e. The number of rotatable bonds is 3. The molecule has 1 aliphatic heterocycles. The Morgan fingerprint density at radius 1 is 1.20 bits per heavy atom. The number of aromatic nitrogens is 2. The fourth-order valence-electron chi connectivity index (χ4n) is 2.41. The van der Waals surface area contributed by atoms with E-state index in [2.05, 4.69) is 15.5 Å². The Kier molecular flexibility index (Phi) is 3.73. The first kappa shape index (κ1) is 13.2. The molecule has 0 saturated carbocycles. The van der Waals surface area contributed by atoms with Gasteiger partial charge in [0.15, 0.2) is 17.5 Å². The van der Waals surface area contributed by atoms with Crippen LogP contribution < -0.4 is 5.32 Å². The van der Waals surface area contributed by atoms with Gasteiger partial charge in [0, 0.05) is 5.92 Å². The van der Waals surface area contributed by atoms with Gasteiger partial charge in [0.1, 0.15) is 0 Å². The highest BCUT2D eigenvalue weighted by Crippen LogP contribution is 2.23. The minimum atomic E-state index is -0.861. The first-order valence-corrected chi connectivity index (χ1v) is 6.69. The van der Waals surface area contributed by atoms with Gasteiger partial charge < -0.3 is 9.84 Å². The molecule has 1 saturated heterocycles. The van der Waals surface area contributed by atoms with E-state index in [1.807, 2.05) is 0 Å². The van der Waals surface area contributed by atoms with Crippen LogP contribution in [0, 0.1) is 11.6 Å². The average molecular weight is 279 g/mol.